The molecule has 6 rings (SSSR count). The smallest absolute Gasteiger partial charge is 0.360 e. The van der Waals surface area contributed by atoms with E-state index < -0.39 is 29.7 Å². The lowest BCUT2D eigenvalue weighted by Gasteiger charge is -2.28. The molecule has 3 aromatic rings. The number of amides is 1. The van der Waals surface area contributed by atoms with Crippen molar-refractivity contribution in [2.75, 3.05) is 12.4 Å². The number of nitrogens with zero attached hydrogens (tertiary/aromatic N) is 1. The summed E-state index contributed by atoms with van der Waals surface area (Å²) in [5.41, 5.74) is 8.84. The molecule has 0 saturated carbocycles. The van der Waals surface area contributed by atoms with Crippen LogP contribution in [0.4, 0.5) is 5.69 Å². The van der Waals surface area contributed by atoms with Gasteiger partial charge in [0.1, 0.15) is 17.2 Å². The minimum atomic E-state index is -0.995. The van der Waals surface area contributed by atoms with Gasteiger partial charge in [-0.3, -0.25) is 4.79 Å². The van der Waals surface area contributed by atoms with Crippen LogP contribution in [0.2, 0.25) is 0 Å². The van der Waals surface area contributed by atoms with Crippen molar-refractivity contribution in [1.82, 2.24) is 10.3 Å². The van der Waals surface area contributed by atoms with Crippen LogP contribution in [0.3, 0.4) is 0 Å². The third kappa shape index (κ3) is 2.94. The Morgan fingerprint density at radius 3 is 2.77 bits per heavy atom. The minimum absolute atomic E-state index is 0.0521. The van der Waals surface area contributed by atoms with Crippen LogP contribution < -0.4 is 21.1 Å². The van der Waals surface area contributed by atoms with Gasteiger partial charge in [0.05, 0.1) is 13.2 Å². The monoisotopic (exact) mass is 474 g/mol. The van der Waals surface area contributed by atoms with Gasteiger partial charge in [0, 0.05) is 11.3 Å². The van der Waals surface area contributed by atoms with Gasteiger partial charge < -0.3 is 30.3 Å². The third-order valence-corrected chi connectivity index (χ3v) is 7.15. The highest BCUT2D eigenvalue weighted by Gasteiger charge is 2.61. The molecule has 1 amide bonds. The molecule has 4 atom stereocenters. The molecule has 3 aliphatic heterocycles. The van der Waals surface area contributed by atoms with Crippen molar-refractivity contribution in [3.05, 3.63) is 76.5 Å². The van der Waals surface area contributed by atoms with E-state index in [9.17, 15) is 9.59 Å². The first-order valence-electron chi connectivity index (χ1n) is 11.7. The zero-order chi connectivity index (χ0) is 24.5. The number of hydrogen-bond acceptors (Lipinski definition) is 8. The van der Waals surface area contributed by atoms with Crippen molar-refractivity contribution in [3.8, 4) is 5.75 Å². The van der Waals surface area contributed by atoms with Gasteiger partial charge in [-0.15, -0.1) is 0 Å². The standard InChI is InChI=1S/C26H26N4O5/c1-12(2)19-23-30-20(24(32)33-3)21(35-23)26-14-6-4-5-7-17(14)28-25(26)34-18-9-8-13(10-15(18)26)11-16(27)22(31)29-19/h4-10,12,16,19,25,28H,11,27H2,1-3H3,(H,29,31)/t16-,19-,25-,26?/m0/s1. The number of methoxy groups -OCH3 is 1. The molecule has 2 aromatic carbocycles. The molecule has 1 unspecified atom stereocenters. The highest BCUT2D eigenvalue weighted by atomic mass is 16.5. The predicted molar refractivity (Wildman–Crippen MR) is 126 cm³/mol. The van der Waals surface area contributed by atoms with Crippen LogP contribution in [0.1, 0.15) is 58.7 Å². The summed E-state index contributed by atoms with van der Waals surface area (Å²) in [6.45, 7) is 3.88. The number of ether oxygens (including phenoxy) is 2. The van der Waals surface area contributed by atoms with Crippen LogP contribution in [0.5, 0.6) is 5.75 Å². The number of benzene rings is 2. The van der Waals surface area contributed by atoms with Crippen molar-refractivity contribution in [2.45, 2.75) is 44.0 Å². The van der Waals surface area contributed by atoms with Gasteiger partial charge >= 0.3 is 5.97 Å². The highest BCUT2D eigenvalue weighted by molar-refractivity contribution is 5.90. The van der Waals surface area contributed by atoms with E-state index in [1.165, 1.54) is 7.11 Å². The zero-order valence-corrected chi connectivity index (χ0v) is 19.6. The Labute approximate surface area is 202 Å². The molecular formula is C26H26N4O5. The lowest BCUT2D eigenvalue weighted by Crippen LogP contribution is -2.45. The quantitative estimate of drug-likeness (QED) is 0.484. The average Bonchev–Trinajstić information content (AvgIpc) is 3.50. The van der Waals surface area contributed by atoms with Crippen LogP contribution in [0.25, 0.3) is 0 Å². The molecule has 4 N–H and O–H groups in total. The number of aromatic nitrogens is 1. The Morgan fingerprint density at radius 2 is 2.00 bits per heavy atom. The number of anilines is 1. The van der Waals surface area contributed by atoms with Crippen molar-refractivity contribution >= 4 is 17.6 Å². The number of hydrogen-bond donors (Lipinski definition) is 3. The van der Waals surface area contributed by atoms with Gasteiger partial charge in [0.15, 0.2) is 17.7 Å². The largest absolute Gasteiger partial charge is 0.469 e. The summed E-state index contributed by atoms with van der Waals surface area (Å²) >= 11 is 0. The van der Waals surface area contributed by atoms with Crippen LogP contribution >= 0.6 is 0 Å². The number of fused-ring (bicyclic) bond motifs is 4. The number of oxazole rings is 1. The van der Waals surface area contributed by atoms with Crippen LogP contribution in [0.15, 0.2) is 46.9 Å². The van der Waals surface area contributed by atoms with Crippen molar-refractivity contribution in [3.63, 3.8) is 0 Å². The number of rotatable bonds is 2. The second-order valence-corrected chi connectivity index (χ2v) is 9.59. The zero-order valence-electron chi connectivity index (χ0n) is 19.6. The summed E-state index contributed by atoms with van der Waals surface area (Å²) in [6, 6.07) is 12.2. The van der Waals surface area contributed by atoms with Gasteiger partial charge in [0.2, 0.25) is 11.8 Å². The van der Waals surface area contributed by atoms with Gasteiger partial charge in [-0.25, -0.2) is 9.78 Å². The maximum Gasteiger partial charge on any atom is 0.360 e. The van der Waals surface area contributed by atoms with Crippen molar-refractivity contribution in [2.24, 2.45) is 11.7 Å². The first-order chi connectivity index (χ1) is 16.8. The number of carbonyl (C=O) groups is 2. The maximum absolute atomic E-state index is 13.0. The molecule has 0 aliphatic carbocycles. The lowest BCUT2D eigenvalue weighted by molar-refractivity contribution is -0.123. The van der Waals surface area contributed by atoms with Crippen LogP contribution in [0, 0.1) is 5.92 Å². The summed E-state index contributed by atoms with van der Waals surface area (Å²) in [6.07, 6.45) is -0.228. The molecule has 9 heteroatoms. The number of carbonyl (C=O) groups excluding carboxylic acids is 2. The van der Waals surface area contributed by atoms with Gasteiger partial charge in [-0.2, -0.15) is 0 Å². The van der Waals surface area contributed by atoms with E-state index in [1.807, 2.05) is 56.3 Å². The first-order valence-corrected chi connectivity index (χ1v) is 11.7. The van der Waals surface area contributed by atoms with E-state index in [4.69, 9.17) is 19.6 Å². The summed E-state index contributed by atoms with van der Waals surface area (Å²) in [5, 5.41) is 6.43. The number of nitrogens with one attached hydrogen (secondary N) is 2. The molecule has 180 valence electrons. The van der Waals surface area contributed by atoms with Crippen LogP contribution in [-0.2, 0) is 21.4 Å². The molecule has 0 fully saturated rings. The summed E-state index contributed by atoms with van der Waals surface area (Å²) < 4.78 is 18.0. The third-order valence-electron chi connectivity index (χ3n) is 7.15. The lowest BCUT2D eigenvalue weighted by atomic mass is 9.72. The van der Waals surface area contributed by atoms with E-state index in [0.29, 0.717) is 17.9 Å². The van der Waals surface area contributed by atoms with E-state index in [2.05, 4.69) is 15.6 Å². The molecule has 3 aliphatic rings. The second kappa shape index (κ2) is 7.58. The SMILES string of the molecule is COC(=O)c1nc2oc1C13c4ccccc4N[C@H]1Oc1ccc(cc13)C[C@H](N)C(=O)N[C@H]2C(C)C. The summed E-state index contributed by atoms with van der Waals surface area (Å²) in [4.78, 5) is 30.6. The number of nitrogens with two attached hydrogens (primary N) is 1. The summed E-state index contributed by atoms with van der Waals surface area (Å²) in [5.74, 6) is 0.172. The number of para-hydroxylation sites is 1. The number of esters is 1. The molecule has 9 nitrogen and oxygen atoms in total. The molecule has 0 saturated heterocycles. The Bertz CT molecular complexity index is 1370. The van der Waals surface area contributed by atoms with E-state index in [-0.39, 0.29) is 23.4 Å². The molecule has 4 heterocycles. The Kier molecular flexibility index (Phi) is 4.69. The Morgan fingerprint density at radius 1 is 1.20 bits per heavy atom. The second-order valence-electron chi connectivity index (χ2n) is 9.59. The fraction of sp³-hybridized carbons (Fsp3) is 0.346. The summed E-state index contributed by atoms with van der Waals surface area (Å²) in [7, 11) is 1.31. The van der Waals surface area contributed by atoms with E-state index in [0.717, 1.165) is 22.4 Å². The van der Waals surface area contributed by atoms with Gasteiger partial charge in [-0.1, -0.05) is 44.2 Å². The fourth-order valence-electron chi connectivity index (χ4n) is 5.45. The first kappa shape index (κ1) is 21.7. The topological polar surface area (TPSA) is 129 Å². The average molecular weight is 475 g/mol. The van der Waals surface area contributed by atoms with Crippen molar-refractivity contribution < 1.29 is 23.5 Å². The molecular weight excluding hydrogens is 448 g/mol. The normalized spacial score (nSPS) is 26.0. The molecule has 1 spiro atoms. The molecule has 1 aromatic heterocycles. The Hall–Kier alpha value is -3.85. The minimum Gasteiger partial charge on any atom is -0.469 e. The van der Waals surface area contributed by atoms with E-state index >= 15 is 0 Å². The van der Waals surface area contributed by atoms with Gasteiger partial charge in [0.25, 0.3) is 0 Å². The van der Waals surface area contributed by atoms with Gasteiger partial charge in [-0.05, 0) is 35.6 Å². The fourth-order valence-corrected chi connectivity index (χ4v) is 5.45. The van der Waals surface area contributed by atoms with Crippen LogP contribution in [-0.4, -0.2) is 36.2 Å². The predicted octanol–water partition coefficient (Wildman–Crippen LogP) is 2.64. The van der Waals surface area contributed by atoms with Crippen molar-refractivity contribution in [1.29, 1.82) is 0 Å². The highest BCUT2D eigenvalue weighted by Crippen LogP contribution is 2.58. The van der Waals surface area contributed by atoms with E-state index in [1.54, 1.807) is 0 Å². The maximum atomic E-state index is 13.0. The Balaban J connectivity index is 1.71. The molecule has 35 heavy (non-hydrogen) atoms. The molecule has 4 bridgehead atoms. The molecule has 0 radical (unpaired) electrons.